The zero-order valence-electron chi connectivity index (χ0n) is 18.2. The summed E-state index contributed by atoms with van der Waals surface area (Å²) in [6.07, 6.45) is 0. The van der Waals surface area contributed by atoms with Gasteiger partial charge in [0, 0.05) is 5.69 Å². The molecule has 0 bridgehead atoms. The van der Waals surface area contributed by atoms with Gasteiger partial charge in [0.2, 0.25) is 5.91 Å². The molecule has 2 atom stereocenters. The standard InChI is InChI=1S/C23H25N5O4/c1-4-32-18-11-9-17(10-12-18)28-22(30)20-21(23(28)31)27(26-25-20)13-19(29)24-16-7-5-15(6-8-16)14(2)3/h5-12,14,20-21H,4,13H2,1-3H3,(H,24,29)/t20-,21-/m1/s1. The van der Waals surface area contributed by atoms with Gasteiger partial charge < -0.3 is 10.1 Å². The Hall–Kier alpha value is -3.75. The molecule has 0 saturated carbocycles. The van der Waals surface area contributed by atoms with Crippen LogP contribution in [0.4, 0.5) is 11.4 Å². The van der Waals surface area contributed by atoms with Gasteiger partial charge in [-0.05, 0) is 54.8 Å². The Balaban J connectivity index is 1.43. The van der Waals surface area contributed by atoms with Gasteiger partial charge in [0.1, 0.15) is 12.3 Å². The Morgan fingerprint density at radius 1 is 1.06 bits per heavy atom. The van der Waals surface area contributed by atoms with Crippen molar-refractivity contribution in [2.45, 2.75) is 38.8 Å². The lowest BCUT2D eigenvalue weighted by molar-refractivity contribution is -0.123. The van der Waals surface area contributed by atoms with Crippen LogP contribution in [0.2, 0.25) is 0 Å². The lowest BCUT2D eigenvalue weighted by Crippen LogP contribution is -2.43. The number of nitrogens with one attached hydrogen (secondary N) is 1. The first-order valence-corrected chi connectivity index (χ1v) is 10.6. The Labute approximate surface area is 186 Å². The maximum Gasteiger partial charge on any atom is 0.263 e. The van der Waals surface area contributed by atoms with Crippen LogP contribution in [0.25, 0.3) is 0 Å². The van der Waals surface area contributed by atoms with Gasteiger partial charge in [-0.3, -0.25) is 19.4 Å². The van der Waals surface area contributed by atoms with Crippen LogP contribution in [0.5, 0.6) is 5.75 Å². The number of imide groups is 1. The highest BCUT2D eigenvalue weighted by Crippen LogP contribution is 2.32. The molecule has 166 valence electrons. The summed E-state index contributed by atoms with van der Waals surface area (Å²) in [5.74, 6) is -0.217. The van der Waals surface area contributed by atoms with Crippen LogP contribution < -0.4 is 15.0 Å². The van der Waals surface area contributed by atoms with E-state index >= 15 is 0 Å². The van der Waals surface area contributed by atoms with E-state index in [2.05, 4.69) is 29.5 Å². The molecule has 4 rings (SSSR count). The highest BCUT2D eigenvalue weighted by atomic mass is 16.5. The second-order valence-electron chi connectivity index (χ2n) is 7.96. The Kier molecular flexibility index (Phi) is 5.89. The Bertz CT molecular complexity index is 1050. The van der Waals surface area contributed by atoms with Crippen molar-refractivity contribution in [2.24, 2.45) is 10.3 Å². The largest absolute Gasteiger partial charge is 0.494 e. The van der Waals surface area contributed by atoms with Gasteiger partial charge >= 0.3 is 0 Å². The fourth-order valence-corrected chi connectivity index (χ4v) is 3.77. The first-order chi connectivity index (χ1) is 15.4. The summed E-state index contributed by atoms with van der Waals surface area (Å²) < 4.78 is 5.40. The fraction of sp³-hybridized carbons (Fsp3) is 0.348. The first-order valence-electron chi connectivity index (χ1n) is 10.6. The van der Waals surface area contributed by atoms with Crippen molar-refractivity contribution < 1.29 is 19.1 Å². The van der Waals surface area contributed by atoms with Crippen molar-refractivity contribution in [3.8, 4) is 5.75 Å². The molecule has 9 nitrogen and oxygen atoms in total. The summed E-state index contributed by atoms with van der Waals surface area (Å²) in [5, 5.41) is 11.9. The third-order valence-corrected chi connectivity index (χ3v) is 5.43. The van der Waals surface area contributed by atoms with E-state index < -0.39 is 23.9 Å². The number of carbonyl (C=O) groups is 3. The van der Waals surface area contributed by atoms with E-state index in [1.54, 1.807) is 24.3 Å². The zero-order chi connectivity index (χ0) is 22.8. The van der Waals surface area contributed by atoms with Crippen molar-refractivity contribution >= 4 is 29.1 Å². The minimum atomic E-state index is -0.952. The summed E-state index contributed by atoms with van der Waals surface area (Å²) in [6, 6.07) is 12.4. The van der Waals surface area contributed by atoms with Crippen molar-refractivity contribution in [2.75, 3.05) is 23.4 Å². The molecule has 9 heteroatoms. The highest BCUT2D eigenvalue weighted by Gasteiger charge is 2.55. The number of anilines is 2. The van der Waals surface area contributed by atoms with Crippen molar-refractivity contribution in [3.63, 3.8) is 0 Å². The topological polar surface area (TPSA) is 104 Å². The lowest BCUT2D eigenvalue weighted by Gasteiger charge is -2.20. The van der Waals surface area contributed by atoms with E-state index in [0.29, 0.717) is 29.6 Å². The third kappa shape index (κ3) is 4.05. The number of nitrogens with zero attached hydrogens (tertiary/aromatic N) is 4. The minimum absolute atomic E-state index is 0.188. The van der Waals surface area contributed by atoms with Gasteiger partial charge in [-0.15, -0.1) is 0 Å². The molecule has 2 aliphatic heterocycles. The summed E-state index contributed by atoms with van der Waals surface area (Å²) in [6.45, 7) is 6.40. The van der Waals surface area contributed by atoms with E-state index in [4.69, 9.17) is 4.74 Å². The van der Waals surface area contributed by atoms with E-state index in [0.717, 1.165) is 4.90 Å². The summed E-state index contributed by atoms with van der Waals surface area (Å²) >= 11 is 0. The van der Waals surface area contributed by atoms with Gasteiger partial charge in [-0.1, -0.05) is 31.2 Å². The molecule has 1 saturated heterocycles. The van der Waals surface area contributed by atoms with Crippen LogP contribution in [0, 0.1) is 0 Å². The maximum absolute atomic E-state index is 13.0. The van der Waals surface area contributed by atoms with Gasteiger partial charge in [0.15, 0.2) is 12.1 Å². The second kappa shape index (κ2) is 8.78. The van der Waals surface area contributed by atoms with Crippen LogP contribution in [0.1, 0.15) is 32.3 Å². The van der Waals surface area contributed by atoms with Gasteiger partial charge in [0.05, 0.1) is 12.3 Å². The van der Waals surface area contributed by atoms with Crippen molar-refractivity contribution in [1.29, 1.82) is 0 Å². The van der Waals surface area contributed by atoms with E-state index in [9.17, 15) is 14.4 Å². The number of hydrogen-bond donors (Lipinski definition) is 1. The average molecular weight is 435 g/mol. The van der Waals surface area contributed by atoms with Crippen molar-refractivity contribution in [1.82, 2.24) is 5.01 Å². The number of rotatable bonds is 7. The average Bonchev–Trinajstić information content (AvgIpc) is 3.29. The number of hydrogen-bond acceptors (Lipinski definition) is 7. The molecule has 2 aliphatic rings. The molecule has 0 aliphatic carbocycles. The number of ether oxygens (including phenoxy) is 1. The Morgan fingerprint density at radius 3 is 2.38 bits per heavy atom. The SMILES string of the molecule is CCOc1ccc(N2C(=O)[C@@H]3N=NN(CC(=O)Nc4ccc(C(C)C)cc4)[C@H]3C2=O)cc1. The van der Waals surface area contributed by atoms with Crippen LogP contribution >= 0.6 is 0 Å². The summed E-state index contributed by atoms with van der Waals surface area (Å²) in [7, 11) is 0. The number of benzene rings is 2. The van der Waals surface area contributed by atoms with Crippen LogP contribution in [-0.2, 0) is 14.4 Å². The van der Waals surface area contributed by atoms with E-state index in [1.165, 1.54) is 10.6 Å². The van der Waals surface area contributed by atoms with Crippen LogP contribution in [0.3, 0.4) is 0 Å². The summed E-state index contributed by atoms with van der Waals surface area (Å²) in [4.78, 5) is 39.5. The third-order valence-electron chi connectivity index (χ3n) is 5.43. The molecule has 32 heavy (non-hydrogen) atoms. The minimum Gasteiger partial charge on any atom is -0.494 e. The molecule has 0 unspecified atom stereocenters. The van der Waals surface area contributed by atoms with Crippen LogP contribution in [-0.4, -0.2) is 48.0 Å². The molecular weight excluding hydrogens is 410 g/mol. The summed E-state index contributed by atoms with van der Waals surface area (Å²) in [5.41, 5.74) is 2.25. The van der Waals surface area contributed by atoms with E-state index in [1.807, 2.05) is 31.2 Å². The highest BCUT2D eigenvalue weighted by molar-refractivity contribution is 6.25. The molecule has 3 amide bonds. The second-order valence-corrected chi connectivity index (χ2v) is 7.96. The molecule has 1 N–H and O–H groups in total. The van der Waals surface area contributed by atoms with Gasteiger partial charge in [-0.2, -0.15) is 5.11 Å². The van der Waals surface area contributed by atoms with Crippen LogP contribution in [0.15, 0.2) is 58.9 Å². The van der Waals surface area contributed by atoms with Crippen molar-refractivity contribution in [3.05, 3.63) is 54.1 Å². The molecule has 0 radical (unpaired) electrons. The number of fused-ring (bicyclic) bond motifs is 1. The Morgan fingerprint density at radius 2 is 1.75 bits per heavy atom. The number of amides is 3. The molecule has 2 aromatic rings. The van der Waals surface area contributed by atoms with E-state index in [-0.39, 0.29) is 12.5 Å². The smallest absolute Gasteiger partial charge is 0.263 e. The first kappa shape index (κ1) is 21.5. The predicted molar refractivity (Wildman–Crippen MR) is 118 cm³/mol. The molecule has 0 spiro atoms. The molecule has 2 aromatic carbocycles. The molecule has 1 fully saturated rings. The molecule has 2 heterocycles. The fourth-order valence-electron chi connectivity index (χ4n) is 3.77. The normalized spacial score (nSPS) is 19.6. The molecule has 0 aromatic heterocycles. The maximum atomic E-state index is 13.0. The monoisotopic (exact) mass is 435 g/mol. The van der Waals surface area contributed by atoms with Gasteiger partial charge in [0.25, 0.3) is 11.8 Å². The zero-order valence-corrected chi connectivity index (χ0v) is 18.2. The quantitative estimate of drug-likeness (QED) is 0.673. The van der Waals surface area contributed by atoms with Gasteiger partial charge in [-0.25, -0.2) is 4.90 Å². The number of carbonyl (C=O) groups excluding carboxylic acids is 3. The lowest BCUT2D eigenvalue weighted by atomic mass is 10.0. The predicted octanol–water partition coefficient (Wildman–Crippen LogP) is 3.14. The molecular formula is C23H25N5O4.